The Kier molecular flexibility index (Phi) is 10.2. The number of rotatable bonds is 8. The van der Waals surface area contributed by atoms with Gasteiger partial charge in [0.1, 0.15) is 0 Å². The molecule has 3 unspecified atom stereocenters. The summed E-state index contributed by atoms with van der Waals surface area (Å²) in [5.41, 5.74) is 0.179. The maximum atomic E-state index is 6.14. The van der Waals surface area contributed by atoms with E-state index in [-0.39, 0.29) is 5.41 Å². The zero-order valence-electron chi connectivity index (χ0n) is 20.0. The van der Waals surface area contributed by atoms with E-state index in [1.165, 1.54) is 39.1 Å². The first kappa shape index (κ1) is 24.4. The topological polar surface area (TPSA) is 52.1 Å². The monoisotopic (exact) mass is 409 g/mol. The third kappa shape index (κ3) is 8.42. The second-order valence-electron chi connectivity index (χ2n) is 10.0. The molecule has 2 saturated heterocycles. The molecule has 6 nitrogen and oxygen atoms in total. The zero-order chi connectivity index (χ0) is 21.3. The molecule has 170 valence electrons. The predicted molar refractivity (Wildman–Crippen MR) is 124 cm³/mol. The van der Waals surface area contributed by atoms with Crippen molar-refractivity contribution in [1.29, 1.82) is 0 Å². The van der Waals surface area contributed by atoms with Crippen molar-refractivity contribution in [3.8, 4) is 0 Å². The van der Waals surface area contributed by atoms with Gasteiger partial charge in [-0.15, -0.1) is 0 Å². The molecule has 2 heterocycles. The van der Waals surface area contributed by atoms with Gasteiger partial charge in [0, 0.05) is 64.9 Å². The lowest BCUT2D eigenvalue weighted by atomic mass is 9.78. The van der Waals surface area contributed by atoms with Crippen LogP contribution in [-0.4, -0.2) is 87.4 Å². The van der Waals surface area contributed by atoms with Crippen LogP contribution in [0.2, 0.25) is 0 Å². The maximum absolute atomic E-state index is 6.14. The van der Waals surface area contributed by atoms with Crippen molar-refractivity contribution in [2.24, 2.45) is 22.2 Å². The third-order valence-electron chi connectivity index (χ3n) is 6.22. The van der Waals surface area contributed by atoms with E-state index in [1.807, 2.05) is 0 Å². The number of likely N-dealkylation sites (N-methyl/N-ethyl adjacent to an activating group) is 1. The van der Waals surface area contributed by atoms with E-state index in [0.29, 0.717) is 17.9 Å². The minimum Gasteiger partial charge on any atom is -0.377 e. The van der Waals surface area contributed by atoms with E-state index in [4.69, 9.17) is 9.73 Å². The summed E-state index contributed by atoms with van der Waals surface area (Å²) < 4.78 is 6.14. The van der Waals surface area contributed by atoms with Crippen molar-refractivity contribution in [2.75, 3.05) is 65.5 Å². The number of hydrogen-bond donors (Lipinski definition) is 2. The molecule has 2 aliphatic rings. The van der Waals surface area contributed by atoms with Crippen molar-refractivity contribution >= 4 is 5.96 Å². The van der Waals surface area contributed by atoms with Crippen LogP contribution in [0.5, 0.6) is 0 Å². The van der Waals surface area contributed by atoms with Gasteiger partial charge in [-0.05, 0) is 37.6 Å². The van der Waals surface area contributed by atoms with Crippen LogP contribution in [0.4, 0.5) is 0 Å². The quantitative estimate of drug-likeness (QED) is 0.477. The molecular weight excluding hydrogens is 362 g/mol. The lowest BCUT2D eigenvalue weighted by Gasteiger charge is -2.40. The molecule has 0 aliphatic carbocycles. The van der Waals surface area contributed by atoms with Crippen molar-refractivity contribution in [2.45, 2.75) is 60.5 Å². The number of guanidine groups is 1. The van der Waals surface area contributed by atoms with E-state index in [2.05, 4.69) is 62.0 Å². The highest BCUT2D eigenvalue weighted by molar-refractivity contribution is 5.79. The molecule has 6 heteroatoms. The molecule has 0 aromatic carbocycles. The minimum atomic E-state index is 0.179. The van der Waals surface area contributed by atoms with Gasteiger partial charge in [0.25, 0.3) is 0 Å². The second kappa shape index (κ2) is 12.1. The Hall–Kier alpha value is -0.850. The number of hydrogen-bond acceptors (Lipinski definition) is 4. The molecule has 2 N–H and O–H groups in total. The van der Waals surface area contributed by atoms with Gasteiger partial charge < -0.3 is 25.2 Å². The molecule has 0 aromatic heterocycles. The van der Waals surface area contributed by atoms with Crippen LogP contribution in [0, 0.1) is 17.3 Å². The van der Waals surface area contributed by atoms with Crippen molar-refractivity contribution < 1.29 is 4.74 Å². The van der Waals surface area contributed by atoms with Crippen LogP contribution in [0.3, 0.4) is 0 Å². The fourth-order valence-electron chi connectivity index (χ4n) is 4.61. The molecule has 3 atom stereocenters. The van der Waals surface area contributed by atoms with Crippen LogP contribution in [0.15, 0.2) is 4.99 Å². The van der Waals surface area contributed by atoms with Gasteiger partial charge in [-0.2, -0.15) is 0 Å². The summed E-state index contributed by atoms with van der Waals surface area (Å²) in [4.78, 5) is 10.0. The number of piperazine rings is 1. The van der Waals surface area contributed by atoms with Crippen LogP contribution in [0.25, 0.3) is 0 Å². The SMILES string of the molecule is CCNC(=NCC(C)CN1CCN(CC)CC1)NCC1CCCOC1C(C)(C)C. The summed E-state index contributed by atoms with van der Waals surface area (Å²) in [6.45, 7) is 24.3. The Labute approximate surface area is 179 Å². The van der Waals surface area contributed by atoms with Gasteiger partial charge in [-0.3, -0.25) is 4.99 Å². The van der Waals surface area contributed by atoms with E-state index < -0.39 is 0 Å². The zero-order valence-corrected chi connectivity index (χ0v) is 20.0. The number of nitrogens with one attached hydrogen (secondary N) is 2. The second-order valence-corrected chi connectivity index (χ2v) is 10.0. The smallest absolute Gasteiger partial charge is 0.191 e. The maximum Gasteiger partial charge on any atom is 0.191 e. The molecule has 2 aliphatic heterocycles. The van der Waals surface area contributed by atoms with Crippen molar-refractivity contribution in [3.63, 3.8) is 0 Å². The fourth-order valence-corrected chi connectivity index (χ4v) is 4.61. The first-order chi connectivity index (χ1) is 13.8. The number of nitrogens with zero attached hydrogens (tertiary/aromatic N) is 3. The molecule has 0 amide bonds. The summed E-state index contributed by atoms with van der Waals surface area (Å²) in [5, 5.41) is 7.03. The van der Waals surface area contributed by atoms with Gasteiger partial charge in [-0.1, -0.05) is 34.6 Å². The van der Waals surface area contributed by atoms with E-state index in [9.17, 15) is 0 Å². The highest BCUT2D eigenvalue weighted by atomic mass is 16.5. The Balaban J connectivity index is 1.81. The fraction of sp³-hybridized carbons (Fsp3) is 0.957. The Morgan fingerprint density at radius 1 is 1.10 bits per heavy atom. The summed E-state index contributed by atoms with van der Waals surface area (Å²) in [6, 6.07) is 0. The number of aliphatic imine (C=N–C) groups is 1. The van der Waals surface area contributed by atoms with Gasteiger partial charge in [0.2, 0.25) is 0 Å². The van der Waals surface area contributed by atoms with Crippen LogP contribution < -0.4 is 10.6 Å². The van der Waals surface area contributed by atoms with E-state index in [0.717, 1.165) is 45.2 Å². The van der Waals surface area contributed by atoms with Gasteiger partial charge >= 0.3 is 0 Å². The molecule has 0 spiro atoms. The van der Waals surface area contributed by atoms with Gasteiger partial charge in [-0.25, -0.2) is 0 Å². The Bertz CT molecular complexity index is 482. The highest BCUT2D eigenvalue weighted by Gasteiger charge is 2.35. The average Bonchev–Trinajstić information content (AvgIpc) is 2.70. The Morgan fingerprint density at radius 2 is 1.79 bits per heavy atom. The molecule has 2 rings (SSSR count). The van der Waals surface area contributed by atoms with Gasteiger partial charge in [0.05, 0.1) is 6.10 Å². The van der Waals surface area contributed by atoms with Crippen molar-refractivity contribution in [3.05, 3.63) is 0 Å². The highest BCUT2D eigenvalue weighted by Crippen LogP contribution is 2.33. The molecule has 0 saturated carbocycles. The standard InChI is InChI=1S/C23H47N5O/c1-7-24-22(26-17-20-10-9-15-29-21(20)23(4,5)6)25-16-19(3)18-28-13-11-27(8-2)12-14-28/h19-21H,7-18H2,1-6H3,(H2,24,25,26). The van der Waals surface area contributed by atoms with Crippen LogP contribution in [0.1, 0.15) is 54.4 Å². The number of ether oxygens (including phenoxy) is 1. The Morgan fingerprint density at radius 3 is 2.41 bits per heavy atom. The lowest BCUT2D eigenvalue weighted by molar-refractivity contribution is -0.0835. The summed E-state index contributed by atoms with van der Waals surface area (Å²) in [5.74, 6) is 2.06. The molecule has 0 bridgehead atoms. The normalized spacial score (nSPS) is 26.3. The molecular formula is C23H47N5O. The third-order valence-corrected chi connectivity index (χ3v) is 6.22. The first-order valence-corrected chi connectivity index (χ1v) is 11.9. The summed E-state index contributed by atoms with van der Waals surface area (Å²) >= 11 is 0. The van der Waals surface area contributed by atoms with Crippen molar-refractivity contribution in [1.82, 2.24) is 20.4 Å². The summed E-state index contributed by atoms with van der Waals surface area (Å²) in [7, 11) is 0. The van der Waals surface area contributed by atoms with E-state index in [1.54, 1.807) is 0 Å². The van der Waals surface area contributed by atoms with Crippen LogP contribution >= 0.6 is 0 Å². The molecule has 0 radical (unpaired) electrons. The summed E-state index contributed by atoms with van der Waals surface area (Å²) in [6.07, 6.45) is 2.70. The lowest BCUT2D eigenvalue weighted by Crippen LogP contribution is -2.48. The molecule has 29 heavy (non-hydrogen) atoms. The molecule has 0 aromatic rings. The van der Waals surface area contributed by atoms with E-state index >= 15 is 0 Å². The average molecular weight is 410 g/mol. The minimum absolute atomic E-state index is 0.179. The largest absolute Gasteiger partial charge is 0.377 e. The first-order valence-electron chi connectivity index (χ1n) is 11.9. The van der Waals surface area contributed by atoms with Crippen LogP contribution in [-0.2, 0) is 4.74 Å². The predicted octanol–water partition coefficient (Wildman–Crippen LogP) is 2.66. The molecule has 2 fully saturated rings. The van der Waals surface area contributed by atoms with Gasteiger partial charge in [0.15, 0.2) is 5.96 Å².